The zero-order chi connectivity index (χ0) is 6.57. The molecule has 0 rings (SSSR count). The molecule has 0 saturated heterocycles. The first-order valence-corrected chi connectivity index (χ1v) is 2.42. The van der Waals surface area contributed by atoms with E-state index in [0.29, 0.717) is 6.42 Å². The van der Waals surface area contributed by atoms with Crippen molar-refractivity contribution in [1.82, 2.24) is 0 Å². The minimum atomic E-state index is -1.58. The smallest absolute Gasteiger partial charge is 0.542 e. The normalized spacial score (nSPS) is 7.67. The van der Waals surface area contributed by atoms with Gasteiger partial charge in [-0.15, -0.1) is 0 Å². The maximum atomic E-state index is 10.1. The van der Waals surface area contributed by atoms with Crippen LogP contribution in [-0.4, -0.2) is 11.8 Å². The molecule has 0 spiro atoms. The second kappa shape index (κ2) is 6.26. The Balaban J connectivity index is 0. The van der Waals surface area contributed by atoms with Gasteiger partial charge in [0.15, 0.2) is 5.78 Å². The maximum absolute atomic E-state index is 10.1. The molecule has 0 atom stereocenters. The number of carboxylic acid groups (broad SMARTS) is 1. The Hall–Kier alpha value is 0.140. The first-order chi connectivity index (χ1) is 3.68. The van der Waals surface area contributed by atoms with E-state index in [0.717, 1.165) is 0 Å². The Labute approximate surface area is 75.7 Å². The van der Waals surface area contributed by atoms with Crippen molar-refractivity contribution in [3.05, 3.63) is 0 Å². The van der Waals surface area contributed by atoms with Crippen LogP contribution in [0.25, 0.3) is 0 Å². The molecule has 0 aromatic heterocycles. The standard InChI is InChI=1S/C5H8O3.Na/c1-2-3-4(6)5(7)8;/h2-3H2,1H3,(H,7,8);/q;+1/p-1. The zero-order valence-electron chi connectivity index (χ0n) is 5.64. The topological polar surface area (TPSA) is 57.2 Å². The van der Waals surface area contributed by atoms with Crippen molar-refractivity contribution in [3.63, 3.8) is 0 Å². The summed E-state index contributed by atoms with van der Waals surface area (Å²) in [6, 6.07) is 0. The van der Waals surface area contributed by atoms with E-state index in [1.54, 1.807) is 6.92 Å². The molecular weight excluding hydrogens is 131 g/mol. The van der Waals surface area contributed by atoms with E-state index in [1.165, 1.54) is 0 Å². The van der Waals surface area contributed by atoms with E-state index in [2.05, 4.69) is 0 Å². The maximum Gasteiger partial charge on any atom is 1.00 e. The molecule has 3 nitrogen and oxygen atoms in total. The molecule has 0 aliphatic carbocycles. The Bertz CT molecular complexity index is 111. The Morgan fingerprint density at radius 3 is 2.00 bits per heavy atom. The van der Waals surface area contributed by atoms with Crippen molar-refractivity contribution in [2.75, 3.05) is 0 Å². The molecule has 0 N–H and O–H groups in total. The summed E-state index contributed by atoms with van der Waals surface area (Å²) in [6.07, 6.45) is 0.648. The van der Waals surface area contributed by atoms with E-state index >= 15 is 0 Å². The van der Waals surface area contributed by atoms with Crippen LogP contribution < -0.4 is 34.7 Å². The fourth-order valence-electron chi connectivity index (χ4n) is 0.329. The number of hydrogen-bond acceptors (Lipinski definition) is 3. The van der Waals surface area contributed by atoms with Gasteiger partial charge in [-0.1, -0.05) is 6.92 Å². The summed E-state index contributed by atoms with van der Waals surface area (Å²) >= 11 is 0. The van der Waals surface area contributed by atoms with E-state index in [-0.39, 0.29) is 36.0 Å². The second-order valence-corrected chi connectivity index (χ2v) is 1.46. The van der Waals surface area contributed by atoms with E-state index in [1.807, 2.05) is 0 Å². The van der Waals surface area contributed by atoms with Crippen molar-refractivity contribution >= 4 is 11.8 Å². The molecule has 0 saturated carbocycles. The van der Waals surface area contributed by atoms with Crippen molar-refractivity contribution in [2.45, 2.75) is 19.8 Å². The minimum Gasteiger partial charge on any atom is -0.542 e. The molecule has 0 heterocycles. The quantitative estimate of drug-likeness (QED) is 0.296. The van der Waals surface area contributed by atoms with Crippen molar-refractivity contribution < 1.29 is 44.3 Å². The van der Waals surface area contributed by atoms with Crippen LogP contribution in [-0.2, 0) is 9.59 Å². The van der Waals surface area contributed by atoms with Crippen LogP contribution in [0.5, 0.6) is 0 Å². The molecule has 46 valence electrons. The van der Waals surface area contributed by atoms with E-state index in [9.17, 15) is 14.7 Å². The molecule has 4 heteroatoms. The van der Waals surface area contributed by atoms with Gasteiger partial charge in [0.1, 0.15) is 5.97 Å². The van der Waals surface area contributed by atoms with Crippen LogP contribution in [0.2, 0.25) is 0 Å². The summed E-state index contributed by atoms with van der Waals surface area (Å²) in [6.45, 7) is 1.74. The van der Waals surface area contributed by atoms with Gasteiger partial charge in [0.25, 0.3) is 0 Å². The second-order valence-electron chi connectivity index (χ2n) is 1.46. The summed E-state index contributed by atoms with van der Waals surface area (Å²) in [5.41, 5.74) is 0. The number of hydrogen-bond donors (Lipinski definition) is 0. The molecule has 0 aliphatic heterocycles. The molecule has 0 radical (unpaired) electrons. The number of carbonyl (C=O) groups is 2. The molecule has 0 aromatic rings. The zero-order valence-corrected chi connectivity index (χ0v) is 7.64. The third-order valence-corrected chi connectivity index (χ3v) is 0.705. The van der Waals surface area contributed by atoms with Gasteiger partial charge in [0.2, 0.25) is 0 Å². The third kappa shape index (κ3) is 6.02. The van der Waals surface area contributed by atoms with Gasteiger partial charge in [0, 0.05) is 6.42 Å². The van der Waals surface area contributed by atoms with Gasteiger partial charge in [-0.3, -0.25) is 4.79 Å². The summed E-state index contributed by atoms with van der Waals surface area (Å²) in [5.74, 6) is -2.39. The fourth-order valence-corrected chi connectivity index (χ4v) is 0.329. The number of carboxylic acids is 1. The van der Waals surface area contributed by atoms with E-state index in [4.69, 9.17) is 0 Å². The van der Waals surface area contributed by atoms with Crippen molar-refractivity contribution in [1.29, 1.82) is 0 Å². The Kier molecular flexibility index (Phi) is 8.27. The van der Waals surface area contributed by atoms with Crippen molar-refractivity contribution in [2.24, 2.45) is 0 Å². The molecule has 0 aliphatic rings. The van der Waals surface area contributed by atoms with Gasteiger partial charge in [-0.2, -0.15) is 0 Å². The van der Waals surface area contributed by atoms with Gasteiger partial charge in [-0.05, 0) is 6.42 Å². The van der Waals surface area contributed by atoms with Crippen LogP contribution in [0, 0.1) is 0 Å². The Morgan fingerprint density at radius 2 is 1.89 bits per heavy atom. The number of carbonyl (C=O) groups excluding carboxylic acids is 2. The largest absolute Gasteiger partial charge is 1.00 e. The molecule has 0 unspecified atom stereocenters. The van der Waals surface area contributed by atoms with E-state index < -0.39 is 11.8 Å². The molecule has 0 fully saturated rings. The van der Waals surface area contributed by atoms with Crippen LogP contribution in [0.4, 0.5) is 0 Å². The average Bonchev–Trinajstić information content (AvgIpc) is 1.67. The number of aliphatic carboxylic acids is 1. The van der Waals surface area contributed by atoms with Crippen LogP contribution in [0.15, 0.2) is 0 Å². The number of rotatable bonds is 3. The Morgan fingerprint density at radius 1 is 1.44 bits per heavy atom. The molecule has 9 heavy (non-hydrogen) atoms. The minimum absolute atomic E-state index is 0. The van der Waals surface area contributed by atoms with Gasteiger partial charge < -0.3 is 9.90 Å². The van der Waals surface area contributed by atoms with Crippen LogP contribution in [0.1, 0.15) is 19.8 Å². The van der Waals surface area contributed by atoms with Crippen molar-refractivity contribution in [3.8, 4) is 0 Å². The molecular formula is C5H7NaO3. The van der Waals surface area contributed by atoms with Gasteiger partial charge in [0.05, 0.1) is 0 Å². The predicted molar refractivity (Wildman–Crippen MR) is 24.9 cm³/mol. The number of ketones is 1. The van der Waals surface area contributed by atoms with Crippen LogP contribution in [0.3, 0.4) is 0 Å². The van der Waals surface area contributed by atoms with Gasteiger partial charge in [-0.25, -0.2) is 0 Å². The first-order valence-electron chi connectivity index (χ1n) is 2.42. The molecule has 0 amide bonds. The summed E-state index contributed by atoms with van der Waals surface area (Å²) in [4.78, 5) is 19.7. The SMILES string of the molecule is CCCC(=O)C(=O)[O-].[Na+]. The summed E-state index contributed by atoms with van der Waals surface area (Å²) in [5, 5.41) is 9.63. The molecule has 0 bridgehead atoms. The first kappa shape index (κ1) is 11.9. The van der Waals surface area contributed by atoms with Crippen LogP contribution >= 0.6 is 0 Å². The fraction of sp³-hybridized carbons (Fsp3) is 0.600. The van der Waals surface area contributed by atoms with Gasteiger partial charge >= 0.3 is 29.6 Å². The number of Topliss-reactive ketones (excluding diaryl/α,β-unsaturated/α-hetero) is 1. The molecule has 0 aromatic carbocycles. The average molecular weight is 138 g/mol. The predicted octanol–water partition coefficient (Wildman–Crippen LogP) is -3.89. The third-order valence-electron chi connectivity index (χ3n) is 0.705. The summed E-state index contributed by atoms with van der Waals surface area (Å²) < 4.78 is 0. The monoisotopic (exact) mass is 138 g/mol. The summed E-state index contributed by atoms with van der Waals surface area (Å²) in [7, 11) is 0.